The number of rotatable bonds is 3. The van der Waals surface area contributed by atoms with Gasteiger partial charge in [-0.15, -0.1) is 0 Å². The maximum Gasteiger partial charge on any atom is 0.241 e. The van der Waals surface area contributed by atoms with Crippen LogP contribution in [0.15, 0.2) is 18.2 Å². The van der Waals surface area contributed by atoms with Crippen molar-refractivity contribution in [1.29, 1.82) is 0 Å². The van der Waals surface area contributed by atoms with Crippen molar-refractivity contribution in [3.63, 3.8) is 0 Å². The molecule has 19 heavy (non-hydrogen) atoms. The van der Waals surface area contributed by atoms with Gasteiger partial charge < -0.3 is 19.9 Å². The van der Waals surface area contributed by atoms with E-state index in [1.54, 1.807) is 17.8 Å². The van der Waals surface area contributed by atoms with Crippen molar-refractivity contribution >= 4 is 5.69 Å². The van der Waals surface area contributed by atoms with Crippen molar-refractivity contribution in [2.45, 2.75) is 13.3 Å². The summed E-state index contributed by atoms with van der Waals surface area (Å²) in [5.41, 5.74) is 7.41. The number of anilines is 1. The first-order valence-electron chi connectivity index (χ1n) is 6.08. The lowest BCUT2D eigenvalue weighted by atomic mass is 10.3. The fraction of sp³-hybridized carbons (Fsp3) is 0.308. The molecule has 2 heterocycles. The monoisotopic (exact) mass is 261 g/mol. The van der Waals surface area contributed by atoms with Crippen LogP contribution < -0.4 is 19.9 Å². The van der Waals surface area contributed by atoms with Crippen LogP contribution in [0.3, 0.4) is 0 Å². The summed E-state index contributed by atoms with van der Waals surface area (Å²) in [6.07, 6.45) is 0.768. The molecule has 0 fully saturated rings. The Bertz CT molecular complexity index is 622. The van der Waals surface area contributed by atoms with E-state index in [-0.39, 0.29) is 6.79 Å². The first-order valence-corrected chi connectivity index (χ1v) is 6.08. The molecule has 6 nitrogen and oxygen atoms in total. The van der Waals surface area contributed by atoms with Crippen LogP contribution in [-0.4, -0.2) is 16.6 Å². The van der Waals surface area contributed by atoms with E-state index in [4.69, 9.17) is 19.9 Å². The predicted octanol–water partition coefficient (Wildman–Crippen LogP) is 2.09. The standard InChI is InChI=1S/C13H15N3O3/c1-3-9-12(14)13(16(2)15-9)19-8-4-5-10-11(6-8)18-7-17-10/h4-6H,3,7,14H2,1-2H3. The van der Waals surface area contributed by atoms with Gasteiger partial charge >= 0.3 is 0 Å². The van der Waals surface area contributed by atoms with Crippen molar-refractivity contribution in [1.82, 2.24) is 9.78 Å². The second kappa shape index (κ2) is 4.38. The lowest BCUT2D eigenvalue weighted by Crippen LogP contribution is -1.97. The zero-order chi connectivity index (χ0) is 13.4. The van der Waals surface area contributed by atoms with E-state index >= 15 is 0 Å². The van der Waals surface area contributed by atoms with Gasteiger partial charge in [-0.05, 0) is 18.6 Å². The van der Waals surface area contributed by atoms with Crippen LogP contribution in [0.25, 0.3) is 0 Å². The van der Waals surface area contributed by atoms with Crippen molar-refractivity contribution < 1.29 is 14.2 Å². The smallest absolute Gasteiger partial charge is 0.241 e. The summed E-state index contributed by atoms with van der Waals surface area (Å²) in [6, 6.07) is 5.40. The van der Waals surface area contributed by atoms with Crippen LogP contribution in [0.4, 0.5) is 5.69 Å². The van der Waals surface area contributed by atoms with Gasteiger partial charge in [0.1, 0.15) is 11.4 Å². The Balaban J connectivity index is 1.91. The minimum Gasteiger partial charge on any atom is -0.454 e. The van der Waals surface area contributed by atoms with Crippen molar-refractivity contribution in [3.8, 4) is 23.1 Å². The molecule has 100 valence electrons. The first-order chi connectivity index (χ1) is 9.19. The summed E-state index contributed by atoms with van der Waals surface area (Å²) < 4.78 is 18.0. The van der Waals surface area contributed by atoms with E-state index in [0.29, 0.717) is 23.1 Å². The zero-order valence-electron chi connectivity index (χ0n) is 10.8. The van der Waals surface area contributed by atoms with Crippen LogP contribution in [0.5, 0.6) is 23.1 Å². The number of nitrogens with two attached hydrogens (primary N) is 1. The molecule has 0 atom stereocenters. The topological polar surface area (TPSA) is 71.5 Å². The quantitative estimate of drug-likeness (QED) is 0.915. The summed E-state index contributed by atoms with van der Waals surface area (Å²) in [7, 11) is 1.80. The molecule has 0 radical (unpaired) electrons. The fourth-order valence-electron chi connectivity index (χ4n) is 2.01. The maximum absolute atomic E-state index is 6.01. The van der Waals surface area contributed by atoms with Gasteiger partial charge in [-0.25, -0.2) is 4.68 Å². The minimum atomic E-state index is 0.243. The van der Waals surface area contributed by atoms with Gasteiger partial charge in [-0.2, -0.15) is 5.10 Å². The third-order valence-electron chi connectivity index (χ3n) is 3.00. The summed E-state index contributed by atoms with van der Waals surface area (Å²) in [5.74, 6) is 2.57. The molecule has 1 aromatic heterocycles. The lowest BCUT2D eigenvalue weighted by Gasteiger charge is -2.07. The highest BCUT2D eigenvalue weighted by Gasteiger charge is 2.17. The Kier molecular flexibility index (Phi) is 2.70. The van der Waals surface area contributed by atoms with Gasteiger partial charge in [-0.3, -0.25) is 0 Å². The maximum atomic E-state index is 6.01. The van der Waals surface area contributed by atoms with Gasteiger partial charge in [0.2, 0.25) is 12.7 Å². The van der Waals surface area contributed by atoms with Gasteiger partial charge in [0.15, 0.2) is 11.5 Å². The number of benzene rings is 1. The third kappa shape index (κ3) is 1.95. The van der Waals surface area contributed by atoms with E-state index in [2.05, 4.69) is 5.10 Å². The molecule has 0 amide bonds. The zero-order valence-corrected chi connectivity index (χ0v) is 10.8. The van der Waals surface area contributed by atoms with Gasteiger partial charge in [-0.1, -0.05) is 6.92 Å². The van der Waals surface area contributed by atoms with Crippen molar-refractivity contribution in [3.05, 3.63) is 23.9 Å². The second-order valence-electron chi connectivity index (χ2n) is 4.26. The molecule has 3 rings (SSSR count). The SMILES string of the molecule is CCc1nn(C)c(Oc2ccc3c(c2)OCO3)c1N. The van der Waals surface area contributed by atoms with Gasteiger partial charge in [0.25, 0.3) is 0 Å². The minimum absolute atomic E-state index is 0.243. The highest BCUT2D eigenvalue weighted by atomic mass is 16.7. The number of hydrogen-bond donors (Lipinski definition) is 1. The molecule has 0 aliphatic carbocycles. The number of fused-ring (bicyclic) bond motifs is 1. The summed E-state index contributed by atoms with van der Waals surface area (Å²) in [4.78, 5) is 0. The van der Waals surface area contributed by atoms with Gasteiger partial charge in [0, 0.05) is 13.1 Å². The average Bonchev–Trinajstić information content (AvgIpc) is 2.97. The van der Waals surface area contributed by atoms with Crippen LogP contribution in [0.2, 0.25) is 0 Å². The molecule has 0 bridgehead atoms. The van der Waals surface area contributed by atoms with Crippen LogP contribution in [-0.2, 0) is 13.5 Å². The Morgan fingerprint density at radius 1 is 1.37 bits per heavy atom. The number of nitrogen functional groups attached to an aromatic ring is 1. The number of ether oxygens (including phenoxy) is 3. The summed E-state index contributed by atoms with van der Waals surface area (Å²) in [6.45, 7) is 2.25. The molecular weight excluding hydrogens is 246 g/mol. The molecule has 2 N–H and O–H groups in total. The van der Waals surface area contributed by atoms with E-state index in [9.17, 15) is 0 Å². The second-order valence-corrected chi connectivity index (χ2v) is 4.26. The largest absolute Gasteiger partial charge is 0.454 e. The number of aryl methyl sites for hydroxylation is 2. The molecule has 1 aromatic carbocycles. The number of hydrogen-bond acceptors (Lipinski definition) is 5. The van der Waals surface area contributed by atoms with Crippen LogP contribution >= 0.6 is 0 Å². The molecule has 0 spiro atoms. The van der Waals surface area contributed by atoms with E-state index in [1.807, 2.05) is 19.1 Å². The molecule has 0 saturated heterocycles. The Morgan fingerprint density at radius 2 is 2.16 bits per heavy atom. The number of nitrogens with zero attached hydrogens (tertiary/aromatic N) is 2. The highest BCUT2D eigenvalue weighted by Crippen LogP contribution is 2.37. The molecule has 1 aliphatic rings. The Labute approximate surface area is 110 Å². The van der Waals surface area contributed by atoms with E-state index < -0.39 is 0 Å². The average molecular weight is 261 g/mol. The summed E-state index contributed by atoms with van der Waals surface area (Å²) in [5, 5.41) is 4.31. The highest BCUT2D eigenvalue weighted by molar-refractivity contribution is 5.55. The molecular formula is C13H15N3O3. The van der Waals surface area contributed by atoms with Crippen molar-refractivity contribution in [2.75, 3.05) is 12.5 Å². The third-order valence-corrected chi connectivity index (χ3v) is 3.00. The molecule has 0 unspecified atom stereocenters. The Morgan fingerprint density at radius 3 is 2.89 bits per heavy atom. The van der Waals surface area contributed by atoms with Crippen LogP contribution in [0.1, 0.15) is 12.6 Å². The normalized spacial score (nSPS) is 12.7. The van der Waals surface area contributed by atoms with E-state index in [0.717, 1.165) is 17.9 Å². The molecule has 6 heteroatoms. The fourth-order valence-corrected chi connectivity index (χ4v) is 2.01. The molecule has 0 saturated carbocycles. The Hall–Kier alpha value is -2.37. The number of aromatic nitrogens is 2. The predicted molar refractivity (Wildman–Crippen MR) is 69.6 cm³/mol. The molecule has 2 aromatic rings. The first kappa shape index (κ1) is 11.7. The summed E-state index contributed by atoms with van der Waals surface area (Å²) >= 11 is 0. The lowest BCUT2D eigenvalue weighted by molar-refractivity contribution is 0.174. The van der Waals surface area contributed by atoms with Crippen molar-refractivity contribution in [2.24, 2.45) is 7.05 Å². The van der Waals surface area contributed by atoms with E-state index in [1.165, 1.54) is 0 Å². The molecule has 1 aliphatic heterocycles. The van der Waals surface area contributed by atoms with Crippen LogP contribution in [0, 0.1) is 0 Å². The van der Waals surface area contributed by atoms with Gasteiger partial charge in [0.05, 0.1) is 5.69 Å².